The summed E-state index contributed by atoms with van der Waals surface area (Å²) < 4.78 is 0. The van der Waals surface area contributed by atoms with E-state index >= 15 is 0 Å². The minimum absolute atomic E-state index is 0.266. The van der Waals surface area contributed by atoms with Crippen molar-refractivity contribution in [1.29, 1.82) is 0 Å². The number of rotatable bonds is 15. The van der Waals surface area contributed by atoms with Gasteiger partial charge in [-0.05, 0) is 25.7 Å². The molecule has 0 fully saturated rings. The smallest absolute Gasteiger partial charge is 0.303 e. The number of carboxylic acid groups (broad SMARTS) is 1. The number of aliphatic hydroxyl groups is 1. The zero-order valence-electron chi connectivity index (χ0n) is 13.7. The molecule has 0 unspecified atom stereocenters. The SMILES string of the molecule is CCCCCC[C@H](O)/C=C/CCCCCCCCC(=O)O. The molecule has 2 N–H and O–H groups in total. The van der Waals surface area contributed by atoms with E-state index < -0.39 is 5.97 Å². The Balaban J connectivity index is 3.25. The molecule has 0 radical (unpaired) electrons. The topological polar surface area (TPSA) is 57.5 Å². The molecule has 0 aromatic rings. The molecule has 0 saturated heterocycles. The highest BCUT2D eigenvalue weighted by molar-refractivity contribution is 5.66. The first-order chi connectivity index (χ1) is 10.2. The maximum absolute atomic E-state index is 10.3. The second kappa shape index (κ2) is 15.6. The van der Waals surface area contributed by atoms with Gasteiger partial charge in [-0.2, -0.15) is 0 Å². The Morgan fingerprint density at radius 2 is 1.57 bits per heavy atom. The van der Waals surface area contributed by atoms with Gasteiger partial charge in [0.25, 0.3) is 0 Å². The van der Waals surface area contributed by atoms with E-state index in [9.17, 15) is 9.90 Å². The molecule has 0 bridgehead atoms. The monoisotopic (exact) mass is 298 g/mol. The van der Waals surface area contributed by atoms with Crippen LogP contribution in [0.15, 0.2) is 12.2 Å². The predicted octanol–water partition coefficient (Wildman–Crippen LogP) is 5.08. The Morgan fingerprint density at radius 3 is 2.24 bits per heavy atom. The molecule has 0 spiro atoms. The molecule has 0 amide bonds. The third-order valence-corrected chi connectivity index (χ3v) is 3.72. The predicted molar refractivity (Wildman–Crippen MR) is 88.5 cm³/mol. The fourth-order valence-corrected chi connectivity index (χ4v) is 2.38. The lowest BCUT2D eigenvalue weighted by molar-refractivity contribution is -0.137. The maximum Gasteiger partial charge on any atom is 0.303 e. The average Bonchev–Trinajstić information content (AvgIpc) is 2.45. The van der Waals surface area contributed by atoms with Crippen molar-refractivity contribution in [2.45, 2.75) is 96.5 Å². The molecule has 1 atom stereocenters. The Morgan fingerprint density at radius 1 is 0.952 bits per heavy atom. The molecule has 0 heterocycles. The van der Waals surface area contributed by atoms with E-state index in [2.05, 4.69) is 13.0 Å². The van der Waals surface area contributed by atoms with Gasteiger partial charge in [-0.25, -0.2) is 0 Å². The van der Waals surface area contributed by atoms with Crippen LogP contribution < -0.4 is 0 Å². The highest BCUT2D eigenvalue weighted by Gasteiger charge is 1.98. The minimum Gasteiger partial charge on any atom is -0.481 e. The van der Waals surface area contributed by atoms with Crippen LogP contribution in [-0.2, 0) is 4.79 Å². The molecule has 0 saturated carbocycles. The van der Waals surface area contributed by atoms with Crippen LogP contribution in [0.1, 0.15) is 90.4 Å². The largest absolute Gasteiger partial charge is 0.481 e. The van der Waals surface area contributed by atoms with Crippen LogP contribution >= 0.6 is 0 Å². The molecular weight excluding hydrogens is 264 g/mol. The van der Waals surface area contributed by atoms with Crippen LogP contribution in [0.25, 0.3) is 0 Å². The Kier molecular flexibility index (Phi) is 14.9. The van der Waals surface area contributed by atoms with E-state index in [1.807, 2.05) is 6.08 Å². The van der Waals surface area contributed by atoms with Crippen molar-refractivity contribution in [1.82, 2.24) is 0 Å². The van der Waals surface area contributed by atoms with E-state index in [1.54, 1.807) is 0 Å². The average molecular weight is 298 g/mol. The number of allylic oxidation sites excluding steroid dienone is 1. The first kappa shape index (κ1) is 20.2. The second-order valence-corrected chi connectivity index (χ2v) is 5.90. The Labute approximate surface area is 130 Å². The van der Waals surface area contributed by atoms with Crippen LogP contribution in [0.4, 0.5) is 0 Å². The lowest BCUT2D eigenvalue weighted by Gasteiger charge is -2.04. The summed E-state index contributed by atoms with van der Waals surface area (Å²) >= 11 is 0. The minimum atomic E-state index is -0.687. The molecule has 0 aromatic carbocycles. The van der Waals surface area contributed by atoms with Gasteiger partial charge >= 0.3 is 5.97 Å². The lowest BCUT2D eigenvalue weighted by Crippen LogP contribution is -2.01. The molecule has 0 aliphatic heterocycles. The van der Waals surface area contributed by atoms with E-state index in [0.29, 0.717) is 6.42 Å². The van der Waals surface area contributed by atoms with Crippen LogP contribution in [0.5, 0.6) is 0 Å². The van der Waals surface area contributed by atoms with Gasteiger partial charge in [-0.15, -0.1) is 0 Å². The van der Waals surface area contributed by atoms with E-state index in [0.717, 1.165) is 44.9 Å². The van der Waals surface area contributed by atoms with Gasteiger partial charge in [0.15, 0.2) is 0 Å². The van der Waals surface area contributed by atoms with Gasteiger partial charge < -0.3 is 10.2 Å². The van der Waals surface area contributed by atoms with Gasteiger partial charge in [0.2, 0.25) is 0 Å². The number of unbranched alkanes of at least 4 members (excludes halogenated alkanes) is 9. The van der Waals surface area contributed by atoms with E-state index in [1.165, 1.54) is 32.1 Å². The fraction of sp³-hybridized carbons (Fsp3) is 0.833. The number of aliphatic hydroxyl groups excluding tert-OH is 1. The van der Waals surface area contributed by atoms with Crippen molar-refractivity contribution in [3.63, 3.8) is 0 Å². The zero-order chi connectivity index (χ0) is 15.8. The van der Waals surface area contributed by atoms with Crippen molar-refractivity contribution >= 4 is 5.97 Å². The van der Waals surface area contributed by atoms with E-state index in [4.69, 9.17) is 5.11 Å². The first-order valence-electron chi connectivity index (χ1n) is 8.73. The third kappa shape index (κ3) is 17.1. The number of carbonyl (C=O) groups is 1. The molecule has 3 heteroatoms. The van der Waals surface area contributed by atoms with Crippen molar-refractivity contribution in [2.75, 3.05) is 0 Å². The summed E-state index contributed by atoms with van der Waals surface area (Å²) in [6.07, 6.45) is 17.4. The van der Waals surface area contributed by atoms with Crippen molar-refractivity contribution in [3.8, 4) is 0 Å². The van der Waals surface area contributed by atoms with Gasteiger partial charge in [-0.1, -0.05) is 70.4 Å². The summed E-state index contributed by atoms with van der Waals surface area (Å²) in [6.45, 7) is 2.20. The van der Waals surface area contributed by atoms with Crippen molar-refractivity contribution in [3.05, 3.63) is 12.2 Å². The van der Waals surface area contributed by atoms with Gasteiger partial charge in [0, 0.05) is 6.42 Å². The van der Waals surface area contributed by atoms with Crippen molar-refractivity contribution in [2.24, 2.45) is 0 Å². The Bertz CT molecular complexity index is 261. The second-order valence-electron chi connectivity index (χ2n) is 5.90. The number of hydrogen-bond donors (Lipinski definition) is 2. The molecule has 0 rings (SSSR count). The molecular formula is C18H34O3. The quantitative estimate of drug-likeness (QED) is 0.327. The molecule has 3 nitrogen and oxygen atoms in total. The number of aliphatic carboxylic acids is 1. The molecule has 124 valence electrons. The highest BCUT2D eigenvalue weighted by atomic mass is 16.4. The van der Waals surface area contributed by atoms with Crippen LogP contribution in [0.2, 0.25) is 0 Å². The highest BCUT2D eigenvalue weighted by Crippen LogP contribution is 2.10. The van der Waals surface area contributed by atoms with Gasteiger partial charge in [0.05, 0.1) is 6.10 Å². The fourth-order valence-electron chi connectivity index (χ4n) is 2.38. The normalized spacial score (nSPS) is 12.9. The Hall–Kier alpha value is -0.830. The van der Waals surface area contributed by atoms with Crippen molar-refractivity contribution < 1.29 is 15.0 Å². The summed E-state index contributed by atoms with van der Waals surface area (Å²) in [5, 5.41) is 18.3. The third-order valence-electron chi connectivity index (χ3n) is 3.72. The summed E-state index contributed by atoms with van der Waals surface area (Å²) in [5.41, 5.74) is 0. The zero-order valence-corrected chi connectivity index (χ0v) is 13.7. The molecule has 0 aliphatic rings. The standard InChI is InChI=1S/C18H34O3/c1-2-3-4-11-14-17(19)15-12-9-7-5-6-8-10-13-16-18(20)21/h12,15,17,19H,2-11,13-14,16H2,1H3,(H,20,21)/b15-12+/t17-/m0/s1. The lowest BCUT2D eigenvalue weighted by atomic mass is 10.1. The summed E-state index contributed by atoms with van der Waals surface area (Å²) in [6, 6.07) is 0. The molecule has 21 heavy (non-hydrogen) atoms. The van der Waals surface area contributed by atoms with E-state index in [-0.39, 0.29) is 6.10 Å². The summed E-state index contributed by atoms with van der Waals surface area (Å²) in [7, 11) is 0. The van der Waals surface area contributed by atoms with Crippen LogP contribution in [0, 0.1) is 0 Å². The van der Waals surface area contributed by atoms with Gasteiger partial charge in [-0.3, -0.25) is 4.79 Å². The van der Waals surface area contributed by atoms with Crippen LogP contribution in [0.3, 0.4) is 0 Å². The molecule has 0 aromatic heterocycles. The summed E-state index contributed by atoms with van der Waals surface area (Å²) in [4.78, 5) is 10.3. The first-order valence-corrected chi connectivity index (χ1v) is 8.73. The van der Waals surface area contributed by atoms with Gasteiger partial charge in [0.1, 0.15) is 0 Å². The maximum atomic E-state index is 10.3. The number of hydrogen-bond acceptors (Lipinski definition) is 2. The molecule has 0 aliphatic carbocycles. The summed E-state index contributed by atoms with van der Waals surface area (Å²) in [5.74, 6) is -0.687. The number of carboxylic acids is 1. The van der Waals surface area contributed by atoms with Crippen LogP contribution in [-0.4, -0.2) is 22.3 Å².